The van der Waals surface area contributed by atoms with Crippen molar-refractivity contribution in [3.63, 3.8) is 0 Å². The summed E-state index contributed by atoms with van der Waals surface area (Å²) < 4.78 is 17.6. The second-order valence-corrected chi connectivity index (χ2v) is 7.75. The molecule has 5 rings (SSSR count). The van der Waals surface area contributed by atoms with Gasteiger partial charge in [0.2, 0.25) is 5.78 Å². The van der Waals surface area contributed by atoms with Gasteiger partial charge in [0.25, 0.3) is 5.69 Å². The number of hydrogen-bond donors (Lipinski definition) is 0. The molecule has 0 spiro atoms. The molecule has 1 atom stereocenters. The average Bonchev–Trinajstić information content (AvgIpc) is 3.13. The number of ketones is 1. The van der Waals surface area contributed by atoms with Crippen molar-refractivity contribution in [2.75, 3.05) is 0 Å². The molecule has 1 unspecified atom stereocenters. The zero-order chi connectivity index (χ0) is 22.9. The Morgan fingerprint density at radius 1 is 1.06 bits per heavy atom. The average molecular weight is 441 g/mol. The molecule has 0 fully saturated rings. The van der Waals surface area contributed by atoms with Crippen molar-refractivity contribution in [1.82, 2.24) is 0 Å². The molecule has 0 saturated heterocycles. The van der Waals surface area contributed by atoms with E-state index in [1.807, 2.05) is 37.3 Å². The van der Waals surface area contributed by atoms with Crippen molar-refractivity contribution in [2.45, 2.75) is 19.6 Å². The van der Waals surface area contributed by atoms with Crippen molar-refractivity contribution in [2.24, 2.45) is 0 Å². The molecule has 0 amide bonds. The van der Waals surface area contributed by atoms with Crippen LogP contribution in [0, 0.1) is 10.1 Å². The molecular weight excluding hydrogens is 422 g/mol. The van der Waals surface area contributed by atoms with Crippen LogP contribution >= 0.6 is 0 Å². The normalized spacial score (nSPS) is 17.5. The highest BCUT2D eigenvalue weighted by atomic mass is 16.6. The van der Waals surface area contributed by atoms with E-state index in [0.29, 0.717) is 17.1 Å². The number of Topliss-reactive ketones (excluding diaryl/α,β-unsaturated/α-hetero) is 1. The van der Waals surface area contributed by atoms with Crippen LogP contribution in [0.5, 0.6) is 17.2 Å². The third-order valence-electron chi connectivity index (χ3n) is 5.51. The minimum absolute atomic E-state index is 0.0267. The van der Waals surface area contributed by atoms with Gasteiger partial charge in [0.05, 0.1) is 10.5 Å². The van der Waals surface area contributed by atoms with Crippen LogP contribution in [0.25, 0.3) is 6.08 Å². The number of hydrogen-bond acceptors (Lipinski definition) is 6. The van der Waals surface area contributed by atoms with Gasteiger partial charge in [0.1, 0.15) is 30.0 Å². The van der Waals surface area contributed by atoms with Crippen LogP contribution in [0.2, 0.25) is 0 Å². The van der Waals surface area contributed by atoms with Crippen LogP contribution in [0.4, 0.5) is 5.69 Å². The lowest BCUT2D eigenvalue weighted by Gasteiger charge is -2.22. The van der Waals surface area contributed by atoms with Gasteiger partial charge in [-0.25, -0.2) is 0 Å². The molecule has 0 saturated carbocycles. The largest absolute Gasteiger partial charge is 0.489 e. The Labute approximate surface area is 189 Å². The van der Waals surface area contributed by atoms with Crippen molar-refractivity contribution >= 4 is 17.5 Å². The number of rotatable bonds is 5. The molecule has 3 aromatic carbocycles. The van der Waals surface area contributed by atoms with Crippen LogP contribution in [-0.4, -0.2) is 16.8 Å². The molecule has 2 heterocycles. The molecule has 7 heteroatoms. The highest BCUT2D eigenvalue weighted by Crippen LogP contribution is 2.36. The molecule has 0 radical (unpaired) electrons. The van der Waals surface area contributed by atoms with E-state index >= 15 is 0 Å². The Bertz CT molecular complexity index is 1320. The van der Waals surface area contributed by atoms with Gasteiger partial charge in [-0.15, -0.1) is 0 Å². The van der Waals surface area contributed by atoms with Gasteiger partial charge in [-0.2, -0.15) is 0 Å². The summed E-state index contributed by atoms with van der Waals surface area (Å²) >= 11 is 0. The highest BCUT2D eigenvalue weighted by Gasteiger charge is 2.29. The van der Waals surface area contributed by atoms with Crippen molar-refractivity contribution in [3.05, 3.63) is 111 Å². The van der Waals surface area contributed by atoms with Crippen LogP contribution in [0.15, 0.2) is 84.1 Å². The van der Waals surface area contributed by atoms with E-state index in [1.54, 1.807) is 36.4 Å². The number of fused-ring (bicyclic) bond motifs is 2. The SMILES string of the molecule is CC1Oc2ccccc2C=C1/C=C1\Oc2cc(OCc3ccc([N+](=O)[O-])cc3)ccc2C1=O. The van der Waals surface area contributed by atoms with Gasteiger partial charge in [-0.1, -0.05) is 18.2 Å². The Hall–Kier alpha value is -4.39. The van der Waals surface area contributed by atoms with E-state index in [0.717, 1.165) is 22.4 Å². The first-order valence-electron chi connectivity index (χ1n) is 10.4. The zero-order valence-corrected chi connectivity index (χ0v) is 17.7. The number of ether oxygens (including phenoxy) is 3. The van der Waals surface area contributed by atoms with Gasteiger partial charge in [-0.05, 0) is 60.5 Å². The molecule has 33 heavy (non-hydrogen) atoms. The maximum absolute atomic E-state index is 12.8. The summed E-state index contributed by atoms with van der Waals surface area (Å²) in [5, 5.41) is 10.8. The molecule has 0 aromatic heterocycles. The molecule has 0 aliphatic carbocycles. The van der Waals surface area contributed by atoms with Crippen molar-refractivity contribution in [1.29, 1.82) is 0 Å². The summed E-state index contributed by atoms with van der Waals surface area (Å²) in [5.41, 5.74) is 3.08. The van der Waals surface area contributed by atoms with E-state index in [2.05, 4.69) is 0 Å². The standard InChI is InChI=1S/C26H19NO6/c1-16-19(12-18-4-2-3-5-23(18)32-16)13-25-26(28)22-11-10-21(14-24(22)33-25)31-15-17-6-8-20(9-7-17)27(29)30/h2-14,16H,15H2,1H3/b25-13-. The quantitative estimate of drug-likeness (QED) is 0.295. The fraction of sp³-hybridized carbons (Fsp3) is 0.115. The number of carbonyl (C=O) groups is 1. The summed E-state index contributed by atoms with van der Waals surface area (Å²) in [6, 6.07) is 18.9. The second kappa shape index (κ2) is 8.27. The molecule has 164 valence electrons. The lowest BCUT2D eigenvalue weighted by molar-refractivity contribution is -0.384. The van der Waals surface area contributed by atoms with Gasteiger partial charge in [0, 0.05) is 23.8 Å². The first-order valence-corrected chi connectivity index (χ1v) is 10.4. The Morgan fingerprint density at radius 3 is 2.64 bits per heavy atom. The number of benzene rings is 3. The third-order valence-corrected chi connectivity index (χ3v) is 5.51. The first-order chi connectivity index (χ1) is 16.0. The number of nitro groups is 1. The smallest absolute Gasteiger partial charge is 0.269 e. The van der Waals surface area contributed by atoms with Crippen molar-refractivity contribution < 1.29 is 23.9 Å². The molecule has 2 aliphatic heterocycles. The molecular formula is C26H19NO6. The van der Waals surface area contributed by atoms with E-state index in [1.165, 1.54) is 12.1 Å². The van der Waals surface area contributed by atoms with Gasteiger partial charge >= 0.3 is 0 Å². The van der Waals surface area contributed by atoms with E-state index in [-0.39, 0.29) is 29.9 Å². The minimum atomic E-state index is -0.445. The number of carbonyl (C=O) groups excluding carboxylic acids is 1. The molecule has 2 aliphatic rings. The Balaban J connectivity index is 1.32. The Kier molecular flexibility index (Phi) is 5.14. The molecule has 3 aromatic rings. The Morgan fingerprint density at radius 2 is 1.85 bits per heavy atom. The monoisotopic (exact) mass is 441 g/mol. The lowest BCUT2D eigenvalue weighted by atomic mass is 10.0. The number of non-ortho nitro benzene ring substituents is 1. The first kappa shape index (κ1) is 20.5. The maximum Gasteiger partial charge on any atom is 0.269 e. The van der Waals surface area contributed by atoms with E-state index < -0.39 is 4.92 Å². The van der Waals surface area contributed by atoms with Gasteiger partial charge in [-0.3, -0.25) is 14.9 Å². The summed E-state index contributed by atoms with van der Waals surface area (Å²) in [7, 11) is 0. The number of allylic oxidation sites excluding steroid dienone is 1. The van der Waals surface area contributed by atoms with Gasteiger partial charge in [0.15, 0.2) is 5.76 Å². The summed E-state index contributed by atoms with van der Waals surface area (Å²) in [6.07, 6.45) is 3.50. The van der Waals surface area contributed by atoms with Crippen LogP contribution in [0.3, 0.4) is 0 Å². The maximum atomic E-state index is 12.8. The fourth-order valence-corrected chi connectivity index (χ4v) is 3.71. The number of nitro benzene ring substituents is 1. The van der Waals surface area contributed by atoms with E-state index in [9.17, 15) is 14.9 Å². The summed E-state index contributed by atoms with van der Waals surface area (Å²) in [4.78, 5) is 23.2. The summed E-state index contributed by atoms with van der Waals surface area (Å²) in [6.45, 7) is 2.16. The van der Waals surface area contributed by atoms with Crippen LogP contribution in [-0.2, 0) is 6.61 Å². The molecule has 0 N–H and O–H groups in total. The fourth-order valence-electron chi connectivity index (χ4n) is 3.71. The predicted octanol–water partition coefficient (Wildman–Crippen LogP) is 5.50. The number of para-hydroxylation sites is 1. The molecule has 0 bridgehead atoms. The molecule has 7 nitrogen and oxygen atoms in total. The topological polar surface area (TPSA) is 87.9 Å². The van der Waals surface area contributed by atoms with Crippen LogP contribution in [0.1, 0.15) is 28.4 Å². The summed E-state index contributed by atoms with van der Waals surface area (Å²) in [5.74, 6) is 1.81. The van der Waals surface area contributed by atoms with Crippen LogP contribution < -0.4 is 14.2 Å². The van der Waals surface area contributed by atoms with Gasteiger partial charge < -0.3 is 14.2 Å². The van der Waals surface area contributed by atoms with Crippen molar-refractivity contribution in [3.8, 4) is 17.2 Å². The highest BCUT2D eigenvalue weighted by molar-refractivity contribution is 6.12. The number of nitrogens with zero attached hydrogens (tertiary/aromatic N) is 1. The third kappa shape index (κ3) is 4.08. The zero-order valence-electron chi connectivity index (χ0n) is 17.7. The van der Waals surface area contributed by atoms with E-state index in [4.69, 9.17) is 14.2 Å². The predicted molar refractivity (Wildman–Crippen MR) is 121 cm³/mol. The minimum Gasteiger partial charge on any atom is -0.489 e. The lowest BCUT2D eigenvalue weighted by Crippen LogP contribution is -2.18. The second-order valence-electron chi connectivity index (χ2n) is 7.75.